The van der Waals surface area contributed by atoms with E-state index >= 15 is 0 Å². The summed E-state index contributed by atoms with van der Waals surface area (Å²) in [4.78, 5) is 35.8. The van der Waals surface area contributed by atoms with Gasteiger partial charge in [0.2, 0.25) is 0 Å². The van der Waals surface area contributed by atoms with Crippen LogP contribution in [0.4, 0.5) is 10.1 Å². The molecule has 0 fully saturated rings. The van der Waals surface area contributed by atoms with Crippen molar-refractivity contribution in [3.63, 3.8) is 0 Å². The summed E-state index contributed by atoms with van der Waals surface area (Å²) in [7, 11) is 1.45. The van der Waals surface area contributed by atoms with Crippen LogP contribution in [0.2, 0.25) is 0 Å². The van der Waals surface area contributed by atoms with Gasteiger partial charge in [0.25, 0.3) is 5.91 Å². The molecule has 0 aliphatic heterocycles. The molecule has 0 heterocycles. The third-order valence-electron chi connectivity index (χ3n) is 3.81. The molecule has 0 unspecified atom stereocenters. The zero-order chi connectivity index (χ0) is 20.0. The van der Waals surface area contributed by atoms with E-state index in [1.165, 1.54) is 45.2 Å². The van der Waals surface area contributed by atoms with Crippen LogP contribution in [-0.2, 0) is 20.7 Å². The fraction of sp³-hybridized carbons (Fsp3) is 0.250. The molecule has 0 saturated carbocycles. The molecule has 2 rings (SSSR count). The zero-order valence-corrected chi connectivity index (χ0v) is 15.2. The van der Waals surface area contributed by atoms with Gasteiger partial charge in [-0.1, -0.05) is 0 Å². The maximum Gasteiger partial charge on any atom is 0.311 e. The molecular formula is C20H20FNO5. The number of amides is 1. The topological polar surface area (TPSA) is 81.7 Å². The largest absolute Gasteiger partial charge is 0.496 e. The van der Waals surface area contributed by atoms with Crippen molar-refractivity contribution in [1.29, 1.82) is 0 Å². The Morgan fingerprint density at radius 3 is 2.37 bits per heavy atom. The van der Waals surface area contributed by atoms with Crippen LogP contribution in [0.15, 0.2) is 42.5 Å². The fourth-order valence-electron chi connectivity index (χ4n) is 2.36. The van der Waals surface area contributed by atoms with E-state index in [0.29, 0.717) is 22.6 Å². The highest BCUT2D eigenvalue weighted by molar-refractivity contribution is 5.96. The lowest BCUT2D eigenvalue weighted by Crippen LogP contribution is -2.30. The van der Waals surface area contributed by atoms with E-state index in [4.69, 9.17) is 9.47 Å². The first-order chi connectivity index (χ1) is 12.8. The van der Waals surface area contributed by atoms with Gasteiger partial charge in [-0.25, -0.2) is 4.39 Å². The molecule has 142 valence electrons. The Hall–Kier alpha value is -3.22. The number of hydrogen-bond acceptors (Lipinski definition) is 5. The molecule has 27 heavy (non-hydrogen) atoms. The highest BCUT2D eigenvalue weighted by Crippen LogP contribution is 2.21. The third kappa shape index (κ3) is 5.64. The summed E-state index contributed by atoms with van der Waals surface area (Å²) >= 11 is 0. The van der Waals surface area contributed by atoms with Gasteiger partial charge in [0.1, 0.15) is 11.6 Å². The van der Waals surface area contributed by atoms with Crippen LogP contribution < -0.4 is 10.1 Å². The van der Waals surface area contributed by atoms with Crippen LogP contribution in [0, 0.1) is 5.82 Å². The number of Topliss-reactive ketones (excluding diaryl/α,β-unsaturated/α-hetero) is 1. The molecule has 1 atom stereocenters. The van der Waals surface area contributed by atoms with Crippen molar-refractivity contribution >= 4 is 23.3 Å². The number of methoxy groups -OCH3 is 1. The molecule has 1 N–H and O–H groups in total. The minimum absolute atomic E-state index is 0.140. The molecule has 0 spiro atoms. The number of esters is 1. The highest BCUT2D eigenvalue weighted by Gasteiger charge is 2.20. The Morgan fingerprint density at radius 2 is 1.78 bits per heavy atom. The number of halogens is 1. The number of rotatable bonds is 7. The summed E-state index contributed by atoms with van der Waals surface area (Å²) in [6, 6.07) is 9.99. The first kappa shape index (κ1) is 20.1. The summed E-state index contributed by atoms with van der Waals surface area (Å²) < 4.78 is 23.2. The van der Waals surface area contributed by atoms with Crippen molar-refractivity contribution in [2.24, 2.45) is 0 Å². The molecule has 7 heteroatoms. The predicted octanol–water partition coefficient (Wildman–Crippen LogP) is 3.15. The van der Waals surface area contributed by atoms with E-state index in [0.717, 1.165) is 0 Å². The average Bonchev–Trinajstić information content (AvgIpc) is 2.63. The first-order valence-electron chi connectivity index (χ1n) is 8.24. The number of ether oxygens (including phenoxy) is 2. The number of hydrogen-bond donors (Lipinski definition) is 1. The lowest BCUT2D eigenvalue weighted by atomic mass is 10.0. The second-order valence-corrected chi connectivity index (χ2v) is 5.89. The van der Waals surface area contributed by atoms with E-state index in [1.54, 1.807) is 18.2 Å². The van der Waals surface area contributed by atoms with Gasteiger partial charge in [0.15, 0.2) is 11.9 Å². The van der Waals surface area contributed by atoms with E-state index in [-0.39, 0.29) is 12.2 Å². The Bertz CT molecular complexity index is 848. The van der Waals surface area contributed by atoms with E-state index in [2.05, 4.69) is 5.32 Å². The van der Waals surface area contributed by atoms with Gasteiger partial charge in [-0.3, -0.25) is 14.4 Å². The zero-order valence-electron chi connectivity index (χ0n) is 15.2. The maximum absolute atomic E-state index is 12.9. The van der Waals surface area contributed by atoms with Crippen molar-refractivity contribution in [1.82, 2.24) is 0 Å². The molecule has 0 aliphatic rings. The molecule has 2 aromatic rings. The Morgan fingerprint density at radius 1 is 1.11 bits per heavy atom. The van der Waals surface area contributed by atoms with Crippen LogP contribution in [0.5, 0.6) is 5.75 Å². The smallest absolute Gasteiger partial charge is 0.311 e. The quantitative estimate of drug-likeness (QED) is 0.596. The van der Waals surface area contributed by atoms with Gasteiger partial charge in [-0.15, -0.1) is 0 Å². The van der Waals surface area contributed by atoms with Crippen molar-refractivity contribution in [2.45, 2.75) is 26.4 Å². The van der Waals surface area contributed by atoms with Crippen LogP contribution in [0.1, 0.15) is 29.8 Å². The predicted molar refractivity (Wildman–Crippen MR) is 97.3 cm³/mol. The van der Waals surface area contributed by atoms with Crippen molar-refractivity contribution in [2.75, 3.05) is 12.4 Å². The minimum atomic E-state index is -1.05. The third-order valence-corrected chi connectivity index (χ3v) is 3.81. The van der Waals surface area contributed by atoms with Crippen molar-refractivity contribution in [3.05, 3.63) is 59.4 Å². The summed E-state index contributed by atoms with van der Waals surface area (Å²) in [6.07, 6.45) is -1.21. The van der Waals surface area contributed by atoms with Gasteiger partial charge < -0.3 is 14.8 Å². The minimum Gasteiger partial charge on any atom is -0.496 e. The van der Waals surface area contributed by atoms with E-state index in [9.17, 15) is 18.8 Å². The molecule has 0 bridgehead atoms. The second kappa shape index (κ2) is 8.93. The lowest BCUT2D eigenvalue weighted by molar-refractivity contribution is -0.152. The number of carbonyl (C=O) groups excluding carboxylic acids is 3. The average molecular weight is 373 g/mol. The van der Waals surface area contributed by atoms with Crippen LogP contribution in [0.25, 0.3) is 0 Å². The van der Waals surface area contributed by atoms with E-state index < -0.39 is 23.8 Å². The summed E-state index contributed by atoms with van der Waals surface area (Å²) in [5, 5.41) is 2.53. The lowest BCUT2D eigenvalue weighted by Gasteiger charge is -2.15. The molecule has 1 amide bonds. The molecule has 0 saturated heterocycles. The van der Waals surface area contributed by atoms with Gasteiger partial charge in [0, 0.05) is 16.8 Å². The van der Waals surface area contributed by atoms with Crippen LogP contribution in [0.3, 0.4) is 0 Å². The molecule has 0 aliphatic carbocycles. The normalized spacial score (nSPS) is 11.4. The molecule has 0 radical (unpaired) electrons. The van der Waals surface area contributed by atoms with Crippen molar-refractivity contribution < 1.29 is 28.2 Å². The second-order valence-electron chi connectivity index (χ2n) is 5.89. The molecular weight excluding hydrogens is 353 g/mol. The Kier molecular flexibility index (Phi) is 6.65. The van der Waals surface area contributed by atoms with Gasteiger partial charge in [-0.2, -0.15) is 0 Å². The summed E-state index contributed by atoms with van der Waals surface area (Å²) in [5.74, 6) is -1.30. The van der Waals surface area contributed by atoms with Gasteiger partial charge >= 0.3 is 5.97 Å². The molecule has 2 aromatic carbocycles. The number of carbonyl (C=O) groups is 3. The number of anilines is 1. The Labute approximate surface area is 156 Å². The van der Waals surface area contributed by atoms with Crippen LogP contribution in [-0.4, -0.2) is 30.9 Å². The number of nitrogens with one attached hydrogen (secondary N) is 1. The SMILES string of the molecule is COc1ccc(C(C)=O)cc1CC(=O)O[C@H](C)C(=O)Nc1ccc(F)cc1. The fourth-order valence-corrected chi connectivity index (χ4v) is 2.36. The standard InChI is InChI=1S/C20H20FNO5/c1-12(23)14-4-9-18(26-3)15(10-14)11-19(24)27-13(2)20(25)22-17-7-5-16(21)6-8-17/h4-10,13H,11H2,1-3H3,(H,22,25)/t13-/m1/s1. The number of benzene rings is 2. The van der Waals surface area contributed by atoms with Crippen molar-refractivity contribution in [3.8, 4) is 5.75 Å². The Balaban J connectivity index is 2.00. The van der Waals surface area contributed by atoms with Gasteiger partial charge in [-0.05, 0) is 56.3 Å². The molecule has 6 nitrogen and oxygen atoms in total. The first-order valence-corrected chi connectivity index (χ1v) is 8.24. The summed E-state index contributed by atoms with van der Waals surface area (Å²) in [6.45, 7) is 2.85. The van der Waals surface area contributed by atoms with Crippen LogP contribution >= 0.6 is 0 Å². The van der Waals surface area contributed by atoms with Gasteiger partial charge in [0.05, 0.1) is 13.5 Å². The number of ketones is 1. The summed E-state index contributed by atoms with van der Waals surface area (Å²) in [5.41, 5.74) is 1.32. The molecule has 0 aromatic heterocycles. The maximum atomic E-state index is 12.9. The highest BCUT2D eigenvalue weighted by atomic mass is 19.1. The van der Waals surface area contributed by atoms with E-state index in [1.807, 2.05) is 0 Å². The monoisotopic (exact) mass is 373 g/mol.